The number of anilines is 1. The van der Waals surface area contributed by atoms with Crippen LogP contribution in [0.25, 0.3) is 11.5 Å². The van der Waals surface area contributed by atoms with Crippen LogP contribution in [0.15, 0.2) is 39.4 Å². The summed E-state index contributed by atoms with van der Waals surface area (Å²) in [5.41, 5.74) is 1.76. The van der Waals surface area contributed by atoms with E-state index in [-0.39, 0.29) is 6.79 Å². The standard InChI is InChI=1S/C15H13N3O4/c1-9-11(5-6-19-9)14-17-18-15(22-14)16-7-10-3-2-4-12-13(10)21-8-20-12/h2-6H,7-8H2,1H3,(H,16,18). The molecule has 0 atom stereocenters. The summed E-state index contributed by atoms with van der Waals surface area (Å²) in [6, 6.07) is 7.88. The molecule has 3 heterocycles. The van der Waals surface area contributed by atoms with E-state index in [1.165, 1.54) is 0 Å². The van der Waals surface area contributed by atoms with Crippen molar-refractivity contribution in [2.45, 2.75) is 13.5 Å². The number of fused-ring (bicyclic) bond motifs is 1. The van der Waals surface area contributed by atoms with Gasteiger partial charge in [0.2, 0.25) is 6.79 Å². The van der Waals surface area contributed by atoms with E-state index in [0.717, 1.165) is 28.4 Å². The number of benzene rings is 1. The molecule has 0 saturated heterocycles. The third kappa shape index (κ3) is 2.16. The van der Waals surface area contributed by atoms with Gasteiger partial charge < -0.3 is 23.6 Å². The zero-order valence-corrected chi connectivity index (χ0v) is 11.8. The van der Waals surface area contributed by atoms with E-state index >= 15 is 0 Å². The number of nitrogens with one attached hydrogen (secondary N) is 1. The highest BCUT2D eigenvalue weighted by atomic mass is 16.7. The summed E-state index contributed by atoms with van der Waals surface area (Å²) in [5.74, 6) is 2.66. The summed E-state index contributed by atoms with van der Waals surface area (Å²) in [6.45, 7) is 2.59. The van der Waals surface area contributed by atoms with Crippen LogP contribution in [0.5, 0.6) is 11.5 Å². The topological polar surface area (TPSA) is 82.6 Å². The van der Waals surface area contributed by atoms with Crippen LogP contribution < -0.4 is 14.8 Å². The van der Waals surface area contributed by atoms with Gasteiger partial charge in [0.05, 0.1) is 11.8 Å². The van der Waals surface area contributed by atoms with Gasteiger partial charge in [-0.3, -0.25) is 0 Å². The normalized spacial score (nSPS) is 12.6. The summed E-state index contributed by atoms with van der Waals surface area (Å²) in [4.78, 5) is 0. The lowest BCUT2D eigenvalue weighted by Crippen LogP contribution is -2.01. The first-order chi connectivity index (χ1) is 10.8. The van der Waals surface area contributed by atoms with Crippen molar-refractivity contribution in [3.63, 3.8) is 0 Å². The fraction of sp³-hybridized carbons (Fsp3) is 0.200. The Morgan fingerprint density at radius 1 is 1.18 bits per heavy atom. The number of aryl methyl sites for hydroxylation is 1. The fourth-order valence-corrected chi connectivity index (χ4v) is 2.31. The van der Waals surface area contributed by atoms with E-state index in [4.69, 9.17) is 18.3 Å². The molecule has 2 aromatic heterocycles. The Labute approximate surface area is 125 Å². The van der Waals surface area contributed by atoms with Crippen LogP contribution >= 0.6 is 0 Å². The minimum Gasteiger partial charge on any atom is -0.469 e. The smallest absolute Gasteiger partial charge is 0.316 e. The molecule has 0 radical (unpaired) electrons. The van der Waals surface area contributed by atoms with Crippen molar-refractivity contribution in [2.24, 2.45) is 0 Å². The summed E-state index contributed by atoms with van der Waals surface area (Å²) in [7, 11) is 0. The van der Waals surface area contributed by atoms with Gasteiger partial charge >= 0.3 is 6.01 Å². The van der Waals surface area contributed by atoms with Gasteiger partial charge in [-0.1, -0.05) is 17.2 Å². The largest absolute Gasteiger partial charge is 0.469 e. The highest BCUT2D eigenvalue weighted by Gasteiger charge is 2.18. The minimum absolute atomic E-state index is 0.247. The first-order valence-corrected chi connectivity index (χ1v) is 6.80. The van der Waals surface area contributed by atoms with Gasteiger partial charge in [0.1, 0.15) is 5.76 Å². The molecule has 22 heavy (non-hydrogen) atoms. The monoisotopic (exact) mass is 299 g/mol. The highest BCUT2D eigenvalue weighted by molar-refractivity contribution is 5.55. The van der Waals surface area contributed by atoms with Gasteiger partial charge in [-0.2, -0.15) is 0 Å². The van der Waals surface area contributed by atoms with E-state index in [1.807, 2.05) is 25.1 Å². The summed E-state index contributed by atoms with van der Waals surface area (Å²) < 4.78 is 21.6. The van der Waals surface area contributed by atoms with Crippen LogP contribution in [0.4, 0.5) is 6.01 Å². The zero-order valence-electron chi connectivity index (χ0n) is 11.8. The molecule has 1 aromatic carbocycles. The van der Waals surface area contributed by atoms with E-state index in [1.54, 1.807) is 12.3 Å². The summed E-state index contributed by atoms with van der Waals surface area (Å²) in [6.07, 6.45) is 1.59. The lowest BCUT2D eigenvalue weighted by Gasteiger charge is -2.05. The Kier molecular flexibility index (Phi) is 2.96. The number of ether oxygens (including phenoxy) is 2. The maximum absolute atomic E-state index is 5.58. The number of para-hydroxylation sites is 1. The molecule has 0 amide bonds. The van der Waals surface area contributed by atoms with Crippen molar-refractivity contribution in [2.75, 3.05) is 12.1 Å². The molecule has 1 aliphatic heterocycles. The molecule has 0 fully saturated rings. The Bertz CT molecular complexity index is 809. The van der Waals surface area contributed by atoms with Crippen molar-refractivity contribution >= 4 is 6.01 Å². The van der Waals surface area contributed by atoms with E-state index < -0.39 is 0 Å². The second kappa shape index (κ2) is 5.10. The number of rotatable bonds is 4. The minimum atomic E-state index is 0.247. The van der Waals surface area contributed by atoms with Gasteiger partial charge in [0, 0.05) is 12.1 Å². The summed E-state index contributed by atoms with van der Waals surface area (Å²) in [5, 5.41) is 11.1. The number of hydrogen-bond donors (Lipinski definition) is 1. The van der Waals surface area contributed by atoms with E-state index in [0.29, 0.717) is 18.5 Å². The Hall–Kier alpha value is -2.96. The quantitative estimate of drug-likeness (QED) is 0.792. The number of nitrogens with zero attached hydrogens (tertiary/aromatic N) is 2. The lowest BCUT2D eigenvalue weighted by atomic mass is 10.2. The second-order valence-electron chi connectivity index (χ2n) is 4.81. The zero-order chi connectivity index (χ0) is 14.9. The molecule has 0 saturated carbocycles. The number of furan rings is 1. The third-order valence-corrected chi connectivity index (χ3v) is 3.42. The van der Waals surface area contributed by atoms with Crippen LogP contribution in [0.3, 0.4) is 0 Å². The number of hydrogen-bond acceptors (Lipinski definition) is 7. The molecular formula is C15H13N3O4. The third-order valence-electron chi connectivity index (χ3n) is 3.42. The van der Waals surface area contributed by atoms with E-state index in [9.17, 15) is 0 Å². The van der Waals surface area contributed by atoms with Crippen LogP contribution in [0, 0.1) is 6.92 Å². The van der Waals surface area contributed by atoms with Gasteiger partial charge in [0.15, 0.2) is 11.5 Å². The SMILES string of the molecule is Cc1occc1-c1nnc(NCc2cccc3c2OCO3)o1. The molecule has 7 heteroatoms. The van der Waals surface area contributed by atoms with E-state index in [2.05, 4.69) is 15.5 Å². The van der Waals surface area contributed by atoms with Crippen molar-refractivity contribution in [3.8, 4) is 23.0 Å². The van der Waals surface area contributed by atoms with Crippen LogP contribution in [-0.4, -0.2) is 17.0 Å². The van der Waals surface area contributed by atoms with Gasteiger partial charge in [-0.15, -0.1) is 5.10 Å². The van der Waals surface area contributed by atoms with Crippen molar-refractivity contribution in [1.29, 1.82) is 0 Å². The molecule has 112 valence electrons. The van der Waals surface area contributed by atoms with Gasteiger partial charge in [-0.25, -0.2) is 0 Å². The first-order valence-electron chi connectivity index (χ1n) is 6.80. The summed E-state index contributed by atoms with van der Waals surface area (Å²) >= 11 is 0. The lowest BCUT2D eigenvalue weighted by molar-refractivity contribution is 0.173. The predicted octanol–water partition coefficient (Wildman–Crippen LogP) is 2.98. The maximum Gasteiger partial charge on any atom is 0.316 e. The molecule has 0 bridgehead atoms. The second-order valence-corrected chi connectivity index (χ2v) is 4.81. The van der Waals surface area contributed by atoms with Gasteiger partial charge in [0.25, 0.3) is 5.89 Å². The van der Waals surface area contributed by atoms with Gasteiger partial charge in [-0.05, 0) is 19.1 Å². The van der Waals surface area contributed by atoms with Crippen molar-refractivity contribution in [1.82, 2.24) is 10.2 Å². The number of aromatic nitrogens is 2. The average Bonchev–Trinajstić information content (AvgIpc) is 3.24. The Morgan fingerprint density at radius 2 is 2.14 bits per heavy atom. The molecule has 3 aromatic rings. The highest BCUT2D eigenvalue weighted by Crippen LogP contribution is 2.35. The first kappa shape index (κ1) is 12.8. The molecule has 0 spiro atoms. The average molecular weight is 299 g/mol. The molecule has 1 aliphatic rings. The van der Waals surface area contributed by atoms with Crippen molar-refractivity contribution < 1.29 is 18.3 Å². The molecular weight excluding hydrogens is 286 g/mol. The fourth-order valence-electron chi connectivity index (χ4n) is 2.31. The molecule has 7 nitrogen and oxygen atoms in total. The maximum atomic E-state index is 5.58. The van der Waals surface area contributed by atoms with Crippen LogP contribution in [0.2, 0.25) is 0 Å². The Morgan fingerprint density at radius 3 is 3.00 bits per heavy atom. The van der Waals surface area contributed by atoms with Crippen LogP contribution in [-0.2, 0) is 6.54 Å². The van der Waals surface area contributed by atoms with Crippen LogP contribution in [0.1, 0.15) is 11.3 Å². The van der Waals surface area contributed by atoms with Crippen molar-refractivity contribution in [3.05, 3.63) is 41.9 Å². The predicted molar refractivity (Wildman–Crippen MR) is 76.6 cm³/mol. The Balaban J connectivity index is 1.50. The molecule has 0 aliphatic carbocycles. The molecule has 4 rings (SSSR count). The molecule has 1 N–H and O–H groups in total. The molecule has 0 unspecified atom stereocenters.